The fourth-order valence-corrected chi connectivity index (χ4v) is 1.86. The summed E-state index contributed by atoms with van der Waals surface area (Å²) in [5.74, 6) is 1.47. The number of aromatic hydroxyl groups is 1. The number of rotatable bonds is 3. The van der Waals surface area contributed by atoms with Crippen molar-refractivity contribution in [1.29, 1.82) is 0 Å². The SMILES string of the molecule is CCCSc1cc(C)ccc1O. The smallest absolute Gasteiger partial charge is 0.129 e. The second kappa shape index (κ2) is 4.41. The first-order chi connectivity index (χ1) is 5.74. The Bertz CT molecular complexity index is 258. The van der Waals surface area contributed by atoms with E-state index in [1.165, 1.54) is 5.56 Å². The van der Waals surface area contributed by atoms with Crippen LogP contribution in [-0.4, -0.2) is 10.9 Å². The van der Waals surface area contributed by atoms with Crippen molar-refractivity contribution in [2.45, 2.75) is 25.2 Å². The summed E-state index contributed by atoms with van der Waals surface area (Å²) in [6, 6.07) is 5.70. The summed E-state index contributed by atoms with van der Waals surface area (Å²) in [6.07, 6.45) is 1.14. The van der Waals surface area contributed by atoms with E-state index >= 15 is 0 Å². The number of thioether (sulfide) groups is 1. The molecule has 0 aliphatic rings. The molecule has 1 rings (SSSR count). The lowest BCUT2D eigenvalue weighted by Crippen LogP contribution is -1.79. The van der Waals surface area contributed by atoms with Gasteiger partial charge in [0.25, 0.3) is 0 Å². The van der Waals surface area contributed by atoms with Gasteiger partial charge in [0.15, 0.2) is 0 Å². The lowest BCUT2D eigenvalue weighted by Gasteiger charge is -2.03. The van der Waals surface area contributed by atoms with E-state index in [2.05, 4.69) is 6.92 Å². The molecule has 0 amide bonds. The molecular formula is C10H14OS. The Morgan fingerprint density at radius 3 is 2.83 bits per heavy atom. The zero-order valence-electron chi connectivity index (χ0n) is 7.50. The molecule has 1 N–H and O–H groups in total. The summed E-state index contributed by atoms with van der Waals surface area (Å²) in [6.45, 7) is 4.18. The number of phenols is 1. The molecule has 66 valence electrons. The number of hydrogen-bond acceptors (Lipinski definition) is 2. The average molecular weight is 182 g/mol. The Morgan fingerprint density at radius 2 is 2.17 bits per heavy atom. The fraction of sp³-hybridized carbons (Fsp3) is 0.400. The molecule has 1 nitrogen and oxygen atoms in total. The van der Waals surface area contributed by atoms with Crippen molar-refractivity contribution in [2.24, 2.45) is 0 Å². The number of aryl methyl sites for hydroxylation is 1. The van der Waals surface area contributed by atoms with Gasteiger partial charge in [0.05, 0.1) is 0 Å². The van der Waals surface area contributed by atoms with Crippen molar-refractivity contribution in [3.8, 4) is 5.75 Å². The molecule has 0 aliphatic heterocycles. The molecule has 0 spiro atoms. The van der Waals surface area contributed by atoms with Crippen molar-refractivity contribution in [1.82, 2.24) is 0 Å². The third-order valence-electron chi connectivity index (χ3n) is 1.58. The summed E-state index contributed by atoms with van der Waals surface area (Å²) in [5.41, 5.74) is 1.20. The molecule has 0 aliphatic carbocycles. The first-order valence-corrected chi connectivity index (χ1v) is 5.15. The van der Waals surface area contributed by atoms with E-state index in [1.807, 2.05) is 19.1 Å². The van der Waals surface area contributed by atoms with E-state index < -0.39 is 0 Å². The van der Waals surface area contributed by atoms with Crippen LogP contribution < -0.4 is 0 Å². The van der Waals surface area contributed by atoms with Crippen molar-refractivity contribution in [2.75, 3.05) is 5.75 Å². The highest BCUT2D eigenvalue weighted by Gasteiger charge is 2.00. The van der Waals surface area contributed by atoms with Crippen LogP contribution in [-0.2, 0) is 0 Å². The fourth-order valence-electron chi connectivity index (χ4n) is 0.949. The minimum Gasteiger partial charge on any atom is -0.507 e. The van der Waals surface area contributed by atoms with Crippen LogP contribution in [0.25, 0.3) is 0 Å². The molecule has 2 heteroatoms. The molecule has 0 aromatic heterocycles. The van der Waals surface area contributed by atoms with Crippen LogP contribution in [0.1, 0.15) is 18.9 Å². The summed E-state index contributed by atoms with van der Waals surface area (Å²) in [5, 5.41) is 9.44. The minimum absolute atomic E-state index is 0.402. The van der Waals surface area contributed by atoms with Gasteiger partial charge in [0, 0.05) is 4.90 Å². The van der Waals surface area contributed by atoms with Gasteiger partial charge in [-0.15, -0.1) is 11.8 Å². The summed E-state index contributed by atoms with van der Waals surface area (Å²) in [7, 11) is 0. The standard InChI is InChI=1S/C10H14OS/c1-3-6-12-10-7-8(2)4-5-9(10)11/h4-5,7,11H,3,6H2,1-2H3. The topological polar surface area (TPSA) is 20.2 Å². The monoisotopic (exact) mass is 182 g/mol. The second-order valence-electron chi connectivity index (χ2n) is 2.82. The number of phenolic OH excluding ortho intramolecular Hbond substituents is 1. The second-order valence-corrected chi connectivity index (χ2v) is 3.96. The maximum atomic E-state index is 9.44. The molecule has 0 saturated carbocycles. The zero-order chi connectivity index (χ0) is 8.97. The van der Waals surface area contributed by atoms with E-state index in [-0.39, 0.29) is 0 Å². The van der Waals surface area contributed by atoms with Crippen LogP contribution in [0.4, 0.5) is 0 Å². The third-order valence-corrected chi connectivity index (χ3v) is 2.83. The predicted molar refractivity (Wildman–Crippen MR) is 53.9 cm³/mol. The van der Waals surface area contributed by atoms with Crippen LogP contribution in [0, 0.1) is 6.92 Å². The Kier molecular flexibility index (Phi) is 3.48. The summed E-state index contributed by atoms with van der Waals surface area (Å²) >= 11 is 1.71. The molecule has 1 aromatic rings. The van der Waals surface area contributed by atoms with E-state index in [9.17, 15) is 5.11 Å². The maximum Gasteiger partial charge on any atom is 0.129 e. The normalized spacial score (nSPS) is 10.2. The van der Waals surface area contributed by atoms with Gasteiger partial charge in [-0.3, -0.25) is 0 Å². The Labute approximate surface area is 77.8 Å². The summed E-state index contributed by atoms with van der Waals surface area (Å²) < 4.78 is 0. The predicted octanol–water partition coefficient (Wildman–Crippen LogP) is 3.20. The van der Waals surface area contributed by atoms with Gasteiger partial charge in [-0.05, 0) is 36.8 Å². The first kappa shape index (κ1) is 9.46. The van der Waals surface area contributed by atoms with E-state index in [0.29, 0.717) is 5.75 Å². The molecule has 0 heterocycles. The molecule has 0 radical (unpaired) electrons. The Balaban J connectivity index is 2.75. The molecule has 0 saturated heterocycles. The molecule has 0 fully saturated rings. The number of hydrogen-bond donors (Lipinski definition) is 1. The van der Waals surface area contributed by atoms with Gasteiger partial charge in [-0.1, -0.05) is 13.0 Å². The van der Waals surface area contributed by atoms with Crippen LogP contribution in [0.3, 0.4) is 0 Å². The van der Waals surface area contributed by atoms with Crippen molar-refractivity contribution in [3.63, 3.8) is 0 Å². The van der Waals surface area contributed by atoms with Crippen LogP contribution in [0.2, 0.25) is 0 Å². The van der Waals surface area contributed by atoms with Gasteiger partial charge in [0.2, 0.25) is 0 Å². The lowest BCUT2D eigenvalue weighted by molar-refractivity contribution is 0.462. The van der Waals surface area contributed by atoms with Crippen molar-refractivity contribution < 1.29 is 5.11 Å². The van der Waals surface area contributed by atoms with Crippen LogP contribution in [0.5, 0.6) is 5.75 Å². The van der Waals surface area contributed by atoms with Gasteiger partial charge in [0.1, 0.15) is 5.75 Å². The molecule has 0 atom stereocenters. The lowest BCUT2D eigenvalue weighted by atomic mass is 10.2. The highest BCUT2D eigenvalue weighted by molar-refractivity contribution is 7.99. The highest BCUT2D eigenvalue weighted by Crippen LogP contribution is 2.29. The van der Waals surface area contributed by atoms with Gasteiger partial charge >= 0.3 is 0 Å². The van der Waals surface area contributed by atoms with Crippen LogP contribution >= 0.6 is 11.8 Å². The van der Waals surface area contributed by atoms with Gasteiger partial charge in [-0.2, -0.15) is 0 Å². The van der Waals surface area contributed by atoms with E-state index in [0.717, 1.165) is 17.1 Å². The number of benzene rings is 1. The molecule has 1 aromatic carbocycles. The maximum absolute atomic E-state index is 9.44. The molecule has 0 bridgehead atoms. The van der Waals surface area contributed by atoms with Crippen molar-refractivity contribution in [3.05, 3.63) is 23.8 Å². The van der Waals surface area contributed by atoms with E-state index in [4.69, 9.17) is 0 Å². The van der Waals surface area contributed by atoms with E-state index in [1.54, 1.807) is 17.8 Å². The minimum atomic E-state index is 0.402. The van der Waals surface area contributed by atoms with Gasteiger partial charge < -0.3 is 5.11 Å². The molecular weight excluding hydrogens is 168 g/mol. The summed E-state index contributed by atoms with van der Waals surface area (Å²) in [4.78, 5) is 0.997. The quantitative estimate of drug-likeness (QED) is 0.724. The zero-order valence-corrected chi connectivity index (χ0v) is 8.32. The average Bonchev–Trinajstić information content (AvgIpc) is 2.07. The molecule has 12 heavy (non-hydrogen) atoms. The van der Waals surface area contributed by atoms with Gasteiger partial charge in [-0.25, -0.2) is 0 Å². The highest BCUT2D eigenvalue weighted by atomic mass is 32.2. The first-order valence-electron chi connectivity index (χ1n) is 4.16. The van der Waals surface area contributed by atoms with Crippen LogP contribution in [0.15, 0.2) is 23.1 Å². The molecule has 0 unspecified atom stereocenters. The Morgan fingerprint density at radius 1 is 1.42 bits per heavy atom. The largest absolute Gasteiger partial charge is 0.507 e. The van der Waals surface area contributed by atoms with Crippen molar-refractivity contribution >= 4 is 11.8 Å². The Hall–Kier alpha value is -0.630. The third kappa shape index (κ3) is 2.45.